The van der Waals surface area contributed by atoms with Crippen molar-refractivity contribution in [2.24, 2.45) is 0 Å². The second kappa shape index (κ2) is 5.89. The summed E-state index contributed by atoms with van der Waals surface area (Å²) in [6, 6.07) is 26.5. The summed E-state index contributed by atoms with van der Waals surface area (Å²) in [4.78, 5) is 0. The summed E-state index contributed by atoms with van der Waals surface area (Å²) in [5.74, 6) is 0. The Balaban J connectivity index is 2.26. The molecular weight excluding hydrogens is 299 g/mol. The molecule has 104 valence electrons. The molecule has 0 aromatic heterocycles. The van der Waals surface area contributed by atoms with Crippen LogP contribution in [0.4, 0.5) is 0 Å². The van der Waals surface area contributed by atoms with Gasteiger partial charge in [-0.2, -0.15) is 0 Å². The van der Waals surface area contributed by atoms with Gasteiger partial charge in [-0.25, -0.2) is 0 Å². The first-order valence-electron chi connectivity index (χ1n) is 6.69. The molecule has 0 aliphatic heterocycles. The predicted molar refractivity (Wildman–Crippen MR) is 90.8 cm³/mol. The molecule has 0 N–H and O–H groups in total. The molecule has 0 saturated carbocycles. The van der Waals surface area contributed by atoms with Crippen molar-refractivity contribution in [1.82, 2.24) is 0 Å². The second-order valence-corrected chi connectivity index (χ2v) is 7.96. The standard InChI is InChI=1S/C18H14ClOP/c19-15-11-13-18(14-12-15)21(20,16-7-3-1-4-8-16)17-9-5-2-6-10-17/h1-14H. The van der Waals surface area contributed by atoms with E-state index >= 15 is 0 Å². The van der Waals surface area contributed by atoms with Crippen LogP contribution in [-0.2, 0) is 4.57 Å². The van der Waals surface area contributed by atoms with Crippen LogP contribution in [-0.4, -0.2) is 0 Å². The molecule has 0 unspecified atom stereocenters. The highest BCUT2D eigenvalue weighted by molar-refractivity contribution is 7.85. The van der Waals surface area contributed by atoms with Gasteiger partial charge in [-0.1, -0.05) is 72.3 Å². The fraction of sp³-hybridized carbons (Fsp3) is 0. The Kier molecular flexibility index (Phi) is 3.96. The van der Waals surface area contributed by atoms with Gasteiger partial charge in [0.1, 0.15) is 0 Å². The van der Waals surface area contributed by atoms with Crippen LogP contribution >= 0.6 is 18.7 Å². The SMILES string of the molecule is O=P(c1ccccc1)(c1ccccc1)c1ccc(Cl)cc1. The van der Waals surface area contributed by atoms with E-state index in [-0.39, 0.29) is 0 Å². The van der Waals surface area contributed by atoms with Crippen molar-refractivity contribution in [3.05, 3.63) is 90.0 Å². The van der Waals surface area contributed by atoms with E-state index < -0.39 is 7.14 Å². The first-order chi connectivity index (χ1) is 10.2. The lowest BCUT2D eigenvalue weighted by Crippen LogP contribution is -2.24. The van der Waals surface area contributed by atoms with Gasteiger partial charge in [-0.15, -0.1) is 0 Å². The molecule has 21 heavy (non-hydrogen) atoms. The zero-order valence-electron chi connectivity index (χ0n) is 11.3. The smallest absolute Gasteiger partial charge is 0.171 e. The van der Waals surface area contributed by atoms with Crippen molar-refractivity contribution in [3.8, 4) is 0 Å². The summed E-state index contributed by atoms with van der Waals surface area (Å²) < 4.78 is 13.9. The summed E-state index contributed by atoms with van der Waals surface area (Å²) in [5, 5.41) is 3.10. The van der Waals surface area contributed by atoms with E-state index in [0.29, 0.717) is 5.02 Å². The van der Waals surface area contributed by atoms with E-state index in [2.05, 4.69) is 0 Å². The quantitative estimate of drug-likeness (QED) is 0.669. The van der Waals surface area contributed by atoms with E-state index in [1.807, 2.05) is 72.8 Å². The molecular formula is C18H14ClOP. The third kappa shape index (κ3) is 2.68. The maximum Gasteiger partial charge on any atom is 0.171 e. The van der Waals surface area contributed by atoms with Crippen molar-refractivity contribution in [2.45, 2.75) is 0 Å². The Morgan fingerprint density at radius 2 is 0.952 bits per heavy atom. The summed E-state index contributed by atoms with van der Waals surface area (Å²) in [7, 11) is -2.85. The normalized spacial score (nSPS) is 11.3. The molecule has 0 aliphatic carbocycles. The molecule has 0 saturated heterocycles. The number of hydrogen-bond acceptors (Lipinski definition) is 1. The van der Waals surface area contributed by atoms with E-state index in [1.165, 1.54) is 0 Å². The Labute approximate surface area is 129 Å². The summed E-state index contributed by atoms with van der Waals surface area (Å²) >= 11 is 5.96. The first-order valence-corrected chi connectivity index (χ1v) is 8.77. The number of rotatable bonds is 3. The van der Waals surface area contributed by atoms with Crippen molar-refractivity contribution >= 4 is 34.7 Å². The molecule has 3 aromatic rings. The molecule has 0 heterocycles. The summed E-state index contributed by atoms with van der Waals surface area (Å²) in [6.45, 7) is 0. The Bertz CT molecular complexity index is 724. The minimum Gasteiger partial charge on any atom is -0.309 e. The fourth-order valence-corrected chi connectivity index (χ4v) is 5.15. The average Bonchev–Trinajstić information content (AvgIpc) is 2.56. The van der Waals surface area contributed by atoms with Crippen LogP contribution in [0.1, 0.15) is 0 Å². The fourth-order valence-electron chi connectivity index (χ4n) is 2.37. The third-order valence-corrected chi connectivity index (χ3v) is 6.76. The number of hydrogen-bond donors (Lipinski definition) is 0. The highest BCUT2D eigenvalue weighted by atomic mass is 35.5. The molecule has 0 atom stereocenters. The average molecular weight is 313 g/mol. The molecule has 1 nitrogen and oxygen atoms in total. The van der Waals surface area contributed by atoms with E-state index in [1.54, 1.807) is 12.1 Å². The Morgan fingerprint density at radius 1 is 0.571 bits per heavy atom. The molecule has 0 amide bonds. The number of benzene rings is 3. The van der Waals surface area contributed by atoms with Gasteiger partial charge in [0.05, 0.1) is 0 Å². The van der Waals surface area contributed by atoms with Gasteiger partial charge in [0.25, 0.3) is 0 Å². The Hall–Kier alpha value is -1.82. The van der Waals surface area contributed by atoms with Crippen molar-refractivity contribution < 1.29 is 4.57 Å². The highest BCUT2D eigenvalue weighted by Crippen LogP contribution is 2.42. The van der Waals surface area contributed by atoms with Crippen LogP contribution in [0, 0.1) is 0 Å². The molecule has 0 spiro atoms. The Morgan fingerprint density at radius 3 is 1.38 bits per heavy atom. The topological polar surface area (TPSA) is 17.1 Å². The second-order valence-electron chi connectivity index (χ2n) is 4.76. The van der Waals surface area contributed by atoms with E-state index in [9.17, 15) is 4.57 Å². The monoisotopic (exact) mass is 312 g/mol. The molecule has 0 fully saturated rings. The van der Waals surface area contributed by atoms with Crippen LogP contribution in [0.15, 0.2) is 84.9 Å². The van der Waals surface area contributed by atoms with Gasteiger partial charge >= 0.3 is 0 Å². The van der Waals surface area contributed by atoms with Crippen LogP contribution in [0.5, 0.6) is 0 Å². The number of halogens is 1. The van der Waals surface area contributed by atoms with Crippen molar-refractivity contribution in [3.63, 3.8) is 0 Å². The maximum absolute atomic E-state index is 13.9. The van der Waals surface area contributed by atoms with Crippen LogP contribution in [0.3, 0.4) is 0 Å². The summed E-state index contributed by atoms with van der Waals surface area (Å²) in [6.07, 6.45) is 0. The van der Waals surface area contributed by atoms with Gasteiger partial charge in [-0.3, -0.25) is 0 Å². The third-order valence-electron chi connectivity index (χ3n) is 3.43. The molecule has 3 rings (SSSR count). The molecule has 0 radical (unpaired) electrons. The van der Waals surface area contributed by atoms with Crippen LogP contribution in [0.25, 0.3) is 0 Å². The lowest BCUT2D eigenvalue weighted by molar-refractivity contribution is 0.592. The molecule has 3 heteroatoms. The zero-order valence-corrected chi connectivity index (χ0v) is 13.0. The van der Waals surface area contributed by atoms with Gasteiger partial charge in [0, 0.05) is 20.9 Å². The highest BCUT2D eigenvalue weighted by Gasteiger charge is 2.29. The molecule has 0 bridgehead atoms. The lowest BCUT2D eigenvalue weighted by atomic mass is 10.4. The minimum absolute atomic E-state index is 0.645. The van der Waals surface area contributed by atoms with E-state index in [4.69, 9.17) is 11.6 Å². The van der Waals surface area contributed by atoms with Gasteiger partial charge in [-0.05, 0) is 24.3 Å². The van der Waals surface area contributed by atoms with Gasteiger partial charge in [0.2, 0.25) is 0 Å². The van der Waals surface area contributed by atoms with E-state index in [0.717, 1.165) is 15.9 Å². The maximum atomic E-state index is 13.9. The van der Waals surface area contributed by atoms with Crippen LogP contribution in [0.2, 0.25) is 5.02 Å². The van der Waals surface area contributed by atoms with Crippen molar-refractivity contribution in [2.75, 3.05) is 0 Å². The molecule has 0 aliphatic rings. The van der Waals surface area contributed by atoms with Gasteiger partial charge in [0.15, 0.2) is 7.14 Å². The summed E-state index contributed by atoms with van der Waals surface area (Å²) in [5.41, 5.74) is 0. The lowest BCUT2D eigenvalue weighted by Gasteiger charge is -2.19. The zero-order chi connectivity index (χ0) is 14.7. The largest absolute Gasteiger partial charge is 0.309 e. The minimum atomic E-state index is -2.85. The van der Waals surface area contributed by atoms with Gasteiger partial charge < -0.3 is 4.57 Å². The first kappa shape index (κ1) is 14.1. The van der Waals surface area contributed by atoms with Crippen LogP contribution < -0.4 is 15.9 Å². The predicted octanol–water partition coefficient (Wildman–Crippen LogP) is 3.98. The van der Waals surface area contributed by atoms with Crippen molar-refractivity contribution in [1.29, 1.82) is 0 Å². The molecule has 3 aromatic carbocycles.